The van der Waals surface area contributed by atoms with Crippen LogP contribution in [-0.4, -0.2) is 63.2 Å². The standard InChI is InChI=1S/C23H19N5O3/c29-21-20-14-27(23(31)19-13-24-8-9-25-19)10-11-28(20)22(30)17-12-16(6-7-18(17)26-21)15-4-2-1-3-5-15/h1-9,12-13,20H,10-11,14H2,(H,26,29)/t20-/m0/s1. The van der Waals surface area contributed by atoms with Crippen molar-refractivity contribution in [1.82, 2.24) is 19.8 Å². The highest BCUT2D eigenvalue weighted by atomic mass is 16.2. The third-order valence-corrected chi connectivity index (χ3v) is 5.63. The van der Waals surface area contributed by atoms with Gasteiger partial charge in [-0.1, -0.05) is 36.4 Å². The van der Waals surface area contributed by atoms with Crippen LogP contribution in [0.2, 0.25) is 0 Å². The van der Waals surface area contributed by atoms with Gasteiger partial charge in [0.2, 0.25) is 5.91 Å². The molecule has 2 aliphatic rings. The summed E-state index contributed by atoms with van der Waals surface area (Å²) in [6.45, 7) is 0.684. The average molecular weight is 413 g/mol. The first-order valence-electron chi connectivity index (χ1n) is 9.98. The van der Waals surface area contributed by atoms with Gasteiger partial charge in [-0.2, -0.15) is 0 Å². The first kappa shape index (κ1) is 18.9. The fourth-order valence-corrected chi connectivity index (χ4v) is 4.02. The Balaban J connectivity index is 1.43. The topological polar surface area (TPSA) is 95.5 Å². The average Bonchev–Trinajstić information content (AvgIpc) is 2.93. The van der Waals surface area contributed by atoms with E-state index < -0.39 is 6.04 Å². The minimum Gasteiger partial charge on any atom is -0.333 e. The normalized spacial score (nSPS) is 18.0. The van der Waals surface area contributed by atoms with Crippen molar-refractivity contribution in [3.05, 3.63) is 78.4 Å². The number of nitrogens with zero attached hydrogens (tertiary/aromatic N) is 4. The lowest BCUT2D eigenvalue weighted by atomic mass is 10.0. The Morgan fingerprint density at radius 3 is 2.61 bits per heavy atom. The Morgan fingerprint density at radius 2 is 1.84 bits per heavy atom. The van der Waals surface area contributed by atoms with Crippen LogP contribution in [0.25, 0.3) is 11.1 Å². The monoisotopic (exact) mass is 413 g/mol. The van der Waals surface area contributed by atoms with Gasteiger partial charge in [0.15, 0.2) is 0 Å². The second-order valence-corrected chi connectivity index (χ2v) is 7.47. The van der Waals surface area contributed by atoms with Crippen molar-refractivity contribution in [2.75, 3.05) is 25.0 Å². The van der Waals surface area contributed by atoms with Gasteiger partial charge in [0, 0.05) is 25.5 Å². The summed E-state index contributed by atoms with van der Waals surface area (Å²) in [6.07, 6.45) is 4.34. The predicted molar refractivity (Wildman–Crippen MR) is 113 cm³/mol. The van der Waals surface area contributed by atoms with E-state index in [2.05, 4.69) is 15.3 Å². The Labute approximate surface area is 178 Å². The number of rotatable bonds is 2. The molecule has 2 aliphatic heterocycles. The molecule has 1 atom stereocenters. The molecule has 154 valence electrons. The third-order valence-electron chi connectivity index (χ3n) is 5.63. The molecule has 5 rings (SSSR count). The number of nitrogens with one attached hydrogen (secondary N) is 1. The maximum absolute atomic E-state index is 13.4. The van der Waals surface area contributed by atoms with Gasteiger partial charge in [0.1, 0.15) is 11.7 Å². The minimum absolute atomic E-state index is 0.104. The lowest BCUT2D eigenvalue weighted by Crippen LogP contribution is -2.59. The lowest BCUT2D eigenvalue weighted by Gasteiger charge is -2.39. The van der Waals surface area contributed by atoms with Gasteiger partial charge in [0.05, 0.1) is 24.0 Å². The highest BCUT2D eigenvalue weighted by Gasteiger charge is 2.40. The van der Waals surface area contributed by atoms with E-state index in [1.54, 1.807) is 15.9 Å². The van der Waals surface area contributed by atoms with Crippen molar-refractivity contribution in [2.45, 2.75) is 6.04 Å². The number of carbonyl (C=O) groups excluding carboxylic acids is 3. The number of piperazine rings is 1. The Hall–Kier alpha value is -4.07. The van der Waals surface area contributed by atoms with E-state index in [-0.39, 0.29) is 36.5 Å². The van der Waals surface area contributed by atoms with E-state index in [0.29, 0.717) is 17.8 Å². The molecule has 3 aromatic rings. The molecule has 0 radical (unpaired) electrons. The van der Waals surface area contributed by atoms with Crippen LogP contribution in [0.5, 0.6) is 0 Å². The van der Waals surface area contributed by atoms with Gasteiger partial charge in [-0.15, -0.1) is 0 Å². The fraction of sp³-hybridized carbons (Fsp3) is 0.174. The van der Waals surface area contributed by atoms with Crippen molar-refractivity contribution >= 4 is 23.4 Å². The van der Waals surface area contributed by atoms with Gasteiger partial charge in [0.25, 0.3) is 11.8 Å². The molecular formula is C23H19N5O3. The lowest BCUT2D eigenvalue weighted by molar-refractivity contribution is -0.121. The maximum atomic E-state index is 13.4. The molecule has 0 spiro atoms. The van der Waals surface area contributed by atoms with Crippen LogP contribution >= 0.6 is 0 Å². The minimum atomic E-state index is -0.769. The van der Waals surface area contributed by atoms with Crippen LogP contribution in [0.3, 0.4) is 0 Å². The molecule has 0 aliphatic carbocycles. The van der Waals surface area contributed by atoms with Crippen molar-refractivity contribution in [1.29, 1.82) is 0 Å². The predicted octanol–water partition coefficient (Wildman–Crippen LogP) is 2.06. The summed E-state index contributed by atoms with van der Waals surface area (Å²) in [6, 6.07) is 14.4. The molecule has 31 heavy (non-hydrogen) atoms. The summed E-state index contributed by atoms with van der Waals surface area (Å²) >= 11 is 0. The number of benzene rings is 2. The zero-order chi connectivity index (χ0) is 21.4. The van der Waals surface area contributed by atoms with E-state index in [1.807, 2.05) is 42.5 Å². The number of fused-ring (bicyclic) bond motifs is 2. The summed E-state index contributed by atoms with van der Waals surface area (Å²) in [5, 5.41) is 2.86. The van der Waals surface area contributed by atoms with Gasteiger partial charge < -0.3 is 15.1 Å². The Morgan fingerprint density at radius 1 is 1.00 bits per heavy atom. The van der Waals surface area contributed by atoms with Gasteiger partial charge in [-0.25, -0.2) is 4.98 Å². The van der Waals surface area contributed by atoms with E-state index in [9.17, 15) is 14.4 Å². The van der Waals surface area contributed by atoms with E-state index >= 15 is 0 Å². The van der Waals surface area contributed by atoms with E-state index in [4.69, 9.17) is 0 Å². The van der Waals surface area contributed by atoms with Crippen LogP contribution < -0.4 is 5.32 Å². The molecule has 0 saturated carbocycles. The number of hydrogen-bond acceptors (Lipinski definition) is 5. The van der Waals surface area contributed by atoms with Crippen molar-refractivity contribution in [2.24, 2.45) is 0 Å². The summed E-state index contributed by atoms with van der Waals surface area (Å²) in [4.78, 5) is 50.1. The number of aromatic nitrogens is 2. The molecule has 1 N–H and O–H groups in total. The zero-order valence-corrected chi connectivity index (χ0v) is 16.6. The van der Waals surface area contributed by atoms with Crippen molar-refractivity contribution in [3.63, 3.8) is 0 Å². The largest absolute Gasteiger partial charge is 0.333 e. The number of hydrogen-bond donors (Lipinski definition) is 1. The molecule has 0 unspecified atom stereocenters. The van der Waals surface area contributed by atoms with Gasteiger partial charge in [-0.3, -0.25) is 19.4 Å². The Bertz CT molecular complexity index is 1170. The Kier molecular flexibility index (Phi) is 4.66. The molecule has 3 amide bonds. The molecule has 1 aromatic heterocycles. The van der Waals surface area contributed by atoms with Crippen LogP contribution in [0, 0.1) is 0 Å². The second kappa shape index (κ2) is 7.64. The molecular weight excluding hydrogens is 394 g/mol. The molecule has 1 fully saturated rings. The quantitative estimate of drug-likeness (QED) is 0.694. The van der Waals surface area contributed by atoms with Gasteiger partial charge in [-0.05, 0) is 23.3 Å². The first-order valence-corrected chi connectivity index (χ1v) is 9.98. The summed E-state index contributed by atoms with van der Waals surface area (Å²) in [7, 11) is 0. The molecule has 8 heteroatoms. The highest BCUT2D eigenvalue weighted by Crippen LogP contribution is 2.30. The van der Waals surface area contributed by atoms with Crippen LogP contribution in [0.1, 0.15) is 20.8 Å². The highest BCUT2D eigenvalue weighted by molar-refractivity contribution is 6.11. The SMILES string of the molecule is O=C1Nc2ccc(-c3ccccc3)cc2C(=O)N2CCN(C(=O)c3cnccn3)C[C@@H]12. The number of carbonyl (C=O) groups is 3. The first-order chi connectivity index (χ1) is 15.1. The summed E-state index contributed by atoms with van der Waals surface area (Å²) in [5.41, 5.74) is 3.04. The molecule has 1 saturated heterocycles. The molecule has 8 nitrogen and oxygen atoms in total. The smallest absolute Gasteiger partial charge is 0.274 e. The second-order valence-electron chi connectivity index (χ2n) is 7.47. The van der Waals surface area contributed by atoms with Crippen LogP contribution in [0.15, 0.2) is 67.1 Å². The van der Waals surface area contributed by atoms with Crippen LogP contribution in [0.4, 0.5) is 5.69 Å². The third kappa shape index (κ3) is 3.42. The van der Waals surface area contributed by atoms with E-state index in [1.165, 1.54) is 18.6 Å². The molecule has 2 aromatic carbocycles. The van der Waals surface area contributed by atoms with Crippen molar-refractivity contribution in [3.8, 4) is 11.1 Å². The maximum Gasteiger partial charge on any atom is 0.274 e. The fourth-order valence-electron chi connectivity index (χ4n) is 4.02. The van der Waals surface area contributed by atoms with E-state index in [0.717, 1.165) is 11.1 Å². The number of amides is 3. The van der Waals surface area contributed by atoms with Gasteiger partial charge >= 0.3 is 0 Å². The molecule has 3 heterocycles. The summed E-state index contributed by atoms with van der Waals surface area (Å²) in [5.74, 6) is -0.833. The van der Waals surface area contributed by atoms with Crippen LogP contribution in [-0.2, 0) is 4.79 Å². The zero-order valence-electron chi connectivity index (χ0n) is 16.6. The number of anilines is 1. The van der Waals surface area contributed by atoms with Crippen molar-refractivity contribution < 1.29 is 14.4 Å². The molecule has 0 bridgehead atoms. The summed E-state index contributed by atoms with van der Waals surface area (Å²) < 4.78 is 0.